The van der Waals surface area contributed by atoms with E-state index in [0.717, 1.165) is 0 Å². The van der Waals surface area contributed by atoms with Crippen molar-refractivity contribution in [2.24, 2.45) is 0 Å². The molecule has 0 aliphatic heterocycles. The van der Waals surface area contributed by atoms with Gasteiger partial charge in [0.1, 0.15) is 12.4 Å². The van der Waals surface area contributed by atoms with E-state index in [4.69, 9.17) is 9.47 Å². The third kappa shape index (κ3) is 6.03. The van der Waals surface area contributed by atoms with Crippen LogP contribution in [-0.2, 0) is 9.53 Å². The molecule has 0 aliphatic carbocycles. The fourth-order valence-corrected chi connectivity index (χ4v) is 2.14. The van der Waals surface area contributed by atoms with Crippen LogP contribution in [0.25, 0.3) is 6.08 Å². The Kier molecular flexibility index (Phi) is 7.32. The van der Waals surface area contributed by atoms with Crippen LogP contribution in [0.3, 0.4) is 0 Å². The SMILES string of the molecule is CCOCCOc1ccccc1NC(=O)/C=C/c1cccc([N+](=O)[O-])c1. The van der Waals surface area contributed by atoms with Crippen molar-refractivity contribution in [3.63, 3.8) is 0 Å². The smallest absolute Gasteiger partial charge is 0.270 e. The predicted molar refractivity (Wildman–Crippen MR) is 99.2 cm³/mol. The second-order valence-electron chi connectivity index (χ2n) is 5.22. The zero-order valence-corrected chi connectivity index (χ0v) is 14.4. The number of anilines is 1. The number of hydrogen-bond acceptors (Lipinski definition) is 5. The number of carbonyl (C=O) groups is 1. The molecular formula is C19H20N2O5. The minimum atomic E-state index is -0.479. The minimum absolute atomic E-state index is 0.0272. The molecule has 0 aromatic heterocycles. The van der Waals surface area contributed by atoms with Gasteiger partial charge in [-0.05, 0) is 30.7 Å². The zero-order valence-electron chi connectivity index (χ0n) is 14.4. The van der Waals surface area contributed by atoms with Gasteiger partial charge in [-0.1, -0.05) is 24.3 Å². The van der Waals surface area contributed by atoms with E-state index in [1.54, 1.807) is 30.3 Å². The number of non-ortho nitro benzene ring substituents is 1. The van der Waals surface area contributed by atoms with Gasteiger partial charge in [0, 0.05) is 24.8 Å². The lowest BCUT2D eigenvalue weighted by atomic mass is 10.2. The first kappa shape index (κ1) is 19.1. The lowest BCUT2D eigenvalue weighted by Gasteiger charge is -2.11. The van der Waals surface area contributed by atoms with Crippen molar-refractivity contribution in [2.45, 2.75) is 6.92 Å². The largest absolute Gasteiger partial charge is 0.489 e. The number of amides is 1. The van der Waals surface area contributed by atoms with Crippen LogP contribution < -0.4 is 10.1 Å². The highest BCUT2D eigenvalue weighted by Crippen LogP contribution is 2.23. The zero-order chi connectivity index (χ0) is 18.8. The summed E-state index contributed by atoms with van der Waals surface area (Å²) in [5, 5.41) is 13.5. The molecule has 0 radical (unpaired) electrons. The molecule has 1 amide bonds. The van der Waals surface area contributed by atoms with Gasteiger partial charge >= 0.3 is 0 Å². The minimum Gasteiger partial charge on any atom is -0.489 e. The summed E-state index contributed by atoms with van der Waals surface area (Å²) >= 11 is 0. The summed E-state index contributed by atoms with van der Waals surface area (Å²) in [4.78, 5) is 22.4. The lowest BCUT2D eigenvalue weighted by molar-refractivity contribution is -0.384. The molecule has 7 heteroatoms. The summed E-state index contributed by atoms with van der Waals surface area (Å²) in [6.07, 6.45) is 2.83. The molecule has 0 saturated carbocycles. The Morgan fingerprint density at radius 2 is 2.00 bits per heavy atom. The van der Waals surface area contributed by atoms with Gasteiger partial charge in [0.15, 0.2) is 0 Å². The van der Waals surface area contributed by atoms with Crippen LogP contribution in [-0.4, -0.2) is 30.7 Å². The van der Waals surface area contributed by atoms with Crippen molar-refractivity contribution >= 4 is 23.4 Å². The molecule has 7 nitrogen and oxygen atoms in total. The molecule has 0 fully saturated rings. The molecule has 0 bridgehead atoms. The van der Waals surface area contributed by atoms with Crippen molar-refractivity contribution in [1.29, 1.82) is 0 Å². The van der Waals surface area contributed by atoms with Gasteiger partial charge in [-0.15, -0.1) is 0 Å². The molecule has 0 atom stereocenters. The van der Waals surface area contributed by atoms with Crippen LogP contribution in [0.15, 0.2) is 54.6 Å². The molecule has 2 aromatic carbocycles. The van der Waals surface area contributed by atoms with Gasteiger partial charge in [0.2, 0.25) is 5.91 Å². The van der Waals surface area contributed by atoms with E-state index in [-0.39, 0.29) is 11.6 Å². The monoisotopic (exact) mass is 356 g/mol. The van der Waals surface area contributed by atoms with Gasteiger partial charge in [0.25, 0.3) is 5.69 Å². The van der Waals surface area contributed by atoms with Gasteiger partial charge in [-0.25, -0.2) is 0 Å². The maximum Gasteiger partial charge on any atom is 0.270 e. The Hall–Kier alpha value is -3.19. The molecule has 0 spiro atoms. The van der Waals surface area contributed by atoms with Crippen LogP contribution in [0.2, 0.25) is 0 Å². The Labute approximate surface area is 151 Å². The second kappa shape index (κ2) is 9.95. The number of para-hydroxylation sites is 2. The number of nitrogens with zero attached hydrogens (tertiary/aromatic N) is 1. The third-order valence-corrected chi connectivity index (χ3v) is 3.34. The first-order valence-corrected chi connectivity index (χ1v) is 8.13. The summed E-state index contributed by atoms with van der Waals surface area (Å²) in [6.45, 7) is 3.36. The summed E-state index contributed by atoms with van der Waals surface area (Å²) in [6, 6.07) is 13.1. The number of ether oxygens (including phenoxy) is 2. The number of nitro groups is 1. The second-order valence-corrected chi connectivity index (χ2v) is 5.22. The van der Waals surface area contributed by atoms with Crippen molar-refractivity contribution in [1.82, 2.24) is 0 Å². The average Bonchev–Trinajstić information content (AvgIpc) is 2.65. The van der Waals surface area contributed by atoms with E-state index in [1.165, 1.54) is 24.3 Å². The Morgan fingerprint density at radius 1 is 1.19 bits per heavy atom. The molecule has 0 heterocycles. The van der Waals surface area contributed by atoms with Gasteiger partial charge in [0.05, 0.1) is 17.2 Å². The standard InChI is InChI=1S/C19H20N2O5/c1-2-25-12-13-26-18-9-4-3-8-17(18)20-19(22)11-10-15-6-5-7-16(14-15)21(23)24/h3-11,14H,2,12-13H2,1H3,(H,20,22)/b11-10+. The first-order chi connectivity index (χ1) is 12.6. The highest BCUT2D eigenvalue weighted by Gasteiger charge is 2.07. The van der Waals surface area contributed by atoms with Crippen LogP contribution in [0, 0.1) is 10.1 Å². The fourth-order valence-electron chi connectivity index (χ4n) is 2.14. The Morgan fingerprint density at radius 3 is 2.77 bits per heavy atom. The molecule has 2 rings (SSSR count). The van der Waals surface area contributed by atoms with Gasteiger partial charge < -0.3 is 14.8 Å². The number of benzene rings is 2. The molecule has 136 valence electrons. The van der Waals surface area contributed by atoms with E-state index >= 15 is 0 Å². The van der Waals surface area contributed by atoms with E-state index < -0.39 is 4.92 Å². The molecule has 26 heavy (non-hydrogen) atoms. The van der Waals surface area contributed by atoms with Gasteiger partial charge in [-0.3, -0.25) is 14.9 Å². The Bertz CT molecular complexity index is 789. The highest BCUT2D eigenvalue weighted by atomic mass is 16.6. The number of hydrogen-bond donors (Lipinski definition) is 1. The molecule has 0 unspecified atom stereocenters. The normalized spacial score (nSPS) is 10.7. The molecule has 2 aromatic rings. The quantitative estimate of drug-likeness (QED) is 0.320. The Balaban J connectivity index is 1.99. The van der Waals surface area contributed by atoms with E-state index in [2.05, 4.69) is 5.32 Å². The maximum atomic E-state index is 12.1. The first-order valence-electron chi connectivity index (χ1n) is 8.13. The van der Waals surface area contributed by atoms with Crippen LogP contribution >= 0.6 is 0 Å². The molecular weight excluding hydrogens is 336 g/mol. The highest BCUT2D eigenvalue weighted by molar-refractivity contribution is 6.02. The number of nitro benzene ring substituents is 1. The van der Waals surface area contributed by atoms with E-state index in [0.29, 0.717) is 36.8 Å². The van der Waals surface area contributed by atoms with Crippen LogP contribution in [0.5, 0.6) is 5.75 Å². The maximum absolute atomic E-state index is 12.1. The number of rotatable bonds is 9. The number of carbonyl (C=O) groups excluding carboxylic acids is 1. The lowest BCUT2D eigenvalue weighted by Crippen LogP contribution is -2.11. The summed E-state index contributed by atoms with van der Waals surface area (Å²) in [7, 11) is 0. The van der Waals surface area contributed by atoms with Gasteiger partial charge in [-0.2, -0.15) is 0 Å². The van der Waals surface area contributed by atoms with Crippen molar-refractivity contribution in [3.8, 4) is 5.75 Å². The number of nitrogens with one attached hydrogen (secondary N) is 1. The topological polar surface area (TPSA) is 90.7 Å². The van der Waals surface area contributed by atoms with Crippen molar-refractivity contribution < 1.29 is 19.2 Å². The van der Waals surface area contributed by atoms with E-state index in [1.807, 2.05) is 13.0 Å². The average molecular weight is 356 g/mol. The van der Waals surface area contributed by atoms with E-state index in [9.17, 15) is 14.9 Å². The molecule has 0 aliphatic rings. The van der Waals surface area contributed by atoms with Crippen molar-refractivity contribution in [3.05, 3.63) is 70.3 Å². The van der Waals surface area contributed by atoms with Crippen molar-refractivity contribution in [2.75, 3.05) is 25.1 Å². The summed E-state index contributed by atoms with van der Waals surface area (Å²) < 4.78 is 10.8. The molecule has 1 N–H and O–H groups in total. The summed E-state index contributed by atoms with van der Waals surface area (Å²) in [5.41, 5.74) is 1.08. The van der Waals surface area contributed by atoms with Crippen LogP contribution in [0.4, 0.5) is 11.4 Å². The molecule has 0 saturated heterocycles. The van der Waals surface area contributed by atoms with Crippen LogP contribution in [0.1, 0.15) is 12.5 Å². The third-order valence-electron chi connectivity index (χ3n) is 3.34. The fraction of sp³-hybridized carbons (Fsp3) is 0.211. The predicted octanol–water partition coefficient (Wildman–Crippen LogP) is 3.66. The summed E-state index contributed by atoms with van der Waals surface area (Å²) in [5.74, 6) is 0.182.